The van der Waals surface area contributed by atoms with Gasteiger partial charge in [-0.1, -0.05) is 43.2 Å². The van der Waals surface area contributed by atoms with E-state index in [1.807, 2.05) is 55.1 Å². The predicted octanol–water partition coefficient (Wildman–Crippen LogP) is 9.27. The molecule has 4 aliphatic rings. The zero-order valence-electron chi connectivity index (χ0n) is 38.2. The van der Waals surface area contributed by atoms with Crippen molar-refractivity contribution in [3.05, 3.63) is 111 Å². The number of piperazine rings is 1. The van der Waals surface area contributed by atoms with E-state index in [1.165, 1.54) is 22.8 Å². The number of benzene rings is 3. The van der Waals surface area contributed by atoms with Crippen molar-refractivity contribution >= 4 is 72.6 Å². The third kappa shape index (κ3) is 10.1. The second-order valence-electron chi connectivity index (χ2n) is 19.6. The first-order valence-electron chi connectivity index (χ1n) is 22.7. The van der Waals surface area contributed by atoms with Crippen LogP contribution in [-0.4, -0.2) is 104 Å². The molecule has 3 aromatic carbocycles. The van der Waals surface area contributed by atoms with Crippen molar-refractivity contribution in [1.29, 1.82) is 0 Å². The maximum Gasteiger partial charge on any atom is 0.293 e. The zero-order valence-corrected chi connectivity index (χ0v) is 39.7. The number of halogens is 2. The summed E-state index contributed by atoms with van der Waals surface area (Å²) in [5, 5.41) is 16.5. The van der Waals surface area contributed by atoms with E-state index in [9.17, 15) is 23.3 Å². The third-order valence-corrected chi connectivity index (χ3v) is 15.0. The molecule has 2 saturated heterocycles. The molecule has 354 valence electrons. The first-order valence-corrected chi connectivity index (χ1v) is 24.6. The Hall–Kier alpha value is -5.75. The summed E-state index contributed by atoms with van der Waals surface area (Å²) in [6.45, 7) is 13.0. The molecule has 3 aliphatic heterocycles. The van der Waals surface area contributed by atoms with E-state index in [2.05, 4.69) is 50.8 Å². The number of carbonyl (C=O) groups is 1. The van der Waals surface area contributed by atoms with Gasteiger partial charge < -0.3 is 29.6 Å². The van der Waals surface area contributed by atoms with Crippen LogP contribution in [0.3, 0.4) is 0 Å². The fraction of sp³-hybridized carbons (Fsp3) is 0.429. The zero-order chi connectivity index (χ0) is 47.3. The number of fused-ring (bicyclic) bond motifs is 2. The van der Waals surface area contributed by atoms with Crippen LogP contribution in [0.25, 0.3) is 16.6 Å². The third-order valence-electron chi connectivity index (χ3n) is 13.4. The molecular weight excluding hydrogens is 899 g/mol. The molecule has 5 aromatic rings. The maximum absolute atomic E-state index is 15.3. The molecule has 1 aliphatic carbocycles. The van der Waals surface area contributed by atoms with Gasteiger partial charge in [-0.2, -0.15) is 4.98 Å². The molecule has 2 fully saturated rings. The monoisotopic (exact) mass is 954 g/mol. The van der Waals surface area contributed by atoms with Gasteiger partial charge in [0.1, 0.15) is 28.3 Å². The lowest BCUT2D eigenvalue weighted by Gasteiger charge is -2.41. The first kappa shape index (κ1) is 46.4. The van der Waals surface area contributed by atoms with Crippen LogP contribution in [0, 0.1) is 15.5 Å². The Balaban J connectivity index is 1.00. The Labute approximate surface area is 394 Å². The highest BCUT2D eigenvalue weighted by atomic mass is 35.5. The number of alkyl halides is 1. The fourth-order valence-electron chi connectivity index (χ4n) is 9.61. The van der Waals surface area contributed by atoms with Crippen LogP contribution in [-0.2, 0) is 14.8 Å². The van der Waals surface area contributed by atoms with Gasteiger partial charge in [0.25, 0.3) is 21.6 Å². The molecule has 67 heavy (non-hydrogen) atoms. The molecule has 0 spiro atoms. The average molecular weight is 956 g/mol. The number of anilines is 4. The summed E-state index contributed by atoms with van der Waals surface area (Å²) in [5.41, 5.74) is 3.82. The highest BCUT2D eigenvalue weighted by molar-refractivity contribution is 7.90. The maximum atomic E-state index is 15.3. The Morgan fingerprint density at radius 1 is 0.955 bits per heavy atom. The number of nitro benzene ring substituents is 1. The van der Waals surface area contributed by atoms with E-state index >= 15 is 4.39 Å². The number of sulfonamides is 1. The van der Waals surface area contributed by atoms with E-state index in [0.717, 1.165) is 80.2 Å². The Bertz CT molecular complexity index is 2860. The van der Waals surface area contributed by atoms with Crippen LogP contribution in [0.15, 0.2) is 89.5 Å². The standard InChI is InChI=1S/C49H56ClFN8O7S/c1-47(2)15-13-34(39(28-47)32-5-7-35(50)8-6-32)29-56-19-21-57(22-20-56)36-9-11-38(41(26-36)58-31-48(3,4)66-46-43(58)25-33-14-18-52-44(33)54-46)45(60)55-67(63,64)37-10-12-40(42(27-37)59(61)62)53-30-49(51)16-23-65-24-17-49/h5-12,14,18,25-27,53H,13,15-17,19-24,28-31H2,1-4H3,(H,52,54)(H,55,60). The number of nitrogens with one attached hydrogen (secondary N) is 3. The second-order valence-corrected chi connectivity index (χ2v) is 21.7. The molecule has 0 unspecified atom stereocenters. The number of rotatable bonds is 12. The summed E-state index contributed by atoms with van der Waals surface area (Å²) in [4.78, 5) is 40.0. The highest BCUT2D eigenvalue weighted by Gasteiger charge is 2.38. The summed E-state index contributed by atoms with van der Waals surface area (Å²) < 4.78 is 57.1. The molecule has 3 N–H and O–H groups in total. The van der Waals surface area contributed by atoms with Gasteiger partial charge in [-0.25, -0.2) is 17.5 Å². The SMILES string of the molecule is CC1(C)CCC(CN2CCN(c3ccc(C(=O)NS(=O)(=O)c4ccc(NCC5(F)CCOCC5)c([N+](=O)[O-])c4)c(N4CC(C)(C)Oc5nc6[nH]ccc6cc54)c3)CC2)=C(c2ccc(Cl)cc2)C1. The van der Waals surface area contributed by atoms with Crippen molar-refractivity contribution < 1.29 is 32.0 Å². The highest BCUT2D eigenvalue weighted by Crippen LogP contribution is 2.45. The van der Waals surface area contributed by atoms with E-state index < -0.39 is 42.7 Å². The van der Waals surface area contributed by atoms with Gasteiger partial charge in [0.05, 0.1) is 27.6 Å². The number of pyridine rings is 1. The summed E-state index contributed by atoms with van der Waals surface area (Å²) in [6.07, 6.45) is 5.19. The molecule has 0 saturated carbocycles. The molecule has 0 radical (unpaired) electrons. The number of hydrogen-bond donors (Lipinski definition) is 3. The van der Waals surface area contributed by atoms with Crippen LogP contribution in [0.4, 0.5) is 32.8 Å². The molecule has 2 aromatic heterocycles. The minimum atomic E-state index is -4.67. The molecule has 0 atom stereocenters. The van der Waals surface area contributed by atoms with Crippen molar-refractivity contribution in [2.24, 2.45) is 5.41 Å². The summed E-state index contributed by atoms with van der Waals surface area (Å²) in [5.74, 6) is -0.587. The van der Waals surface area contributed by atoms with Crippen molar-refractivity contribution in [3.8, 4) is 5.88 Å². The van der Waals surface area contributed by atoms with E-state index in [0.29, 0.717) is 22.9 Å². The number of amides is 1. The molecule has 0 bridgehead atoms. The number of aromatic nitrogens is 2. The quantitative estimate of drug-likeness (QED) is 0.0800. The fourth-order valence-corrected chi connectivity index (χ4v) is 10.7. The molecular formula is C49H56ClFN8O7S. The lowest BCUT2D eigenvalue weighted by Crippen LogP contribution is -2.47. The van der Waals surface area contributed by atoms with Gasteiger partial charge in [0.2, 0.25) is 5.88 Å². The largest absolute Gasteiger partial charge is 0.468 e. The first-order chi connectivity index (χ1) is 31.8. The number of aromatic amines is 1. The Morgan fingerprint density at radius 3 is 2.43 bits per heavy atom. The molecule has 15 nitrogen and oxygen atoms in total. The van der Waals surface area contributed by atoms with Gasteiger partial charge in [-0.15, -0.1) is 0 Å². The van der Waals surface area contributed by atoms with Crippen molar-refractivity contribution in [2.45, 2.75) is 76.0 Å². The second kappa shape index (κ2) is 18.1. The number of H-pyrrole nitrogens is 1. The predicted molar refractivity (Wildman–Crippen MR) is 259 cm³/mol. The number of nitrogens with zero attached hydrogens (tertiary/aromatic N) is 5. The van der Waals surface area contributed by atoms with Crippen LogP contribution in [0.2, 0.25) is 5.02 Å². The van der Waals surface area contributed by atoms with Crippen LogP contribution in [0.5, 0.6) is 5.88 Å². The number of ether oxygens (including phenoxy) is 2. The topological polar surface area (TPSA) is 175 Å². The van der Waals surface area contributed by atoms with Gasteiger partial charge in [0, 0.05) is 93.7 Å². The van der Waals surface area contributed by atoms with E-state index in [4.69, 9.17) is 26.1 Å². The normalized spacial score (nSPS) is 19.4. The minimum Gasteiger partial charge on any atom is -0.468 e. The van der Waals surface area contributed by atoms with Gasteiger partial charge >= 0.3 is 0 Å². The minimum absolute atomic E-state index is 0.0472. The van der Waals surface area contributed by atoms with Crippen LogP contribution >= 0.6 is 11.6 Å². The van der Waals surface area contributed by atoms with E-state index in [-0.39, 0.29) is 55.8 Å². The number of nitro groups is 1. The van der Waals surface area contributed by atoms with Gasteiger partial charge in [0.15, 0.2) is 0 Å². The molecule has 1 amide bonds. The number of hydrogen-bond acceptors (Lipinski definition) is 12. The Kier molecular flexibility index (Phi) is 12.5. The summed E-state index contributed by atoms with van der Waals surface area (Å²) >= 11 is 6.27. The van der Waals surface area contributed by atoms with Crippen LogP contribution in [0.1, 0.15) is 75.7 Å². The number of carbonyl (C=O) groups excluding carboxylic acids is 1. The Morgan fingerprint density at radius 2 is 1.70 bits per heavy atom. The molecule has 9 rings (SSSR count). The summed E-state index contributed by atoms with van der Waals surface area (Å²) in [6, 6.07) is 20.6. The van der Waals surface area contributed by atoms with Gasteiger partial charge in [-0.05, 0) is 104 Å². The van der Waals surface area contributed by atoms with E-state index in [1.54, 1.807) is 12.3 Å². The van der Waals surface area contributed by atoms with Crippen molar-refractivity contribution in [2.75, 3.05) is 74.1 Å². The summed E-state index contributed by atoms with van der Waals surface area (Å²) in [7, 11) is -4.67. The lowest BCUT2D eigenvalue weighted by atomic mass is 9.72. The van der Waals surface area contributed by atoms with Crippen molar-refractivity contribution in [3.63, 3.8) is 0 Å². The molecule has 18 heteroatoms. The van der Waals surface area contributed by atoms with Gasteiger partial charge in [-0.3, -0.25) is 19.8 Å². The average Bonchev–Trinajstić information content (AvgIpc) is 3.75. The van der Waals surface area contributed by atoms with Crippen LogP contribution < -0.4 is 24.6 Å². The smallest absolute Gasteiger partial charge is 0.293 e. The number of allylic oxidation sites excluding steroid dienone is 1. The lowest BCUT2D eigenvalue weighted by molar-refractivity contribution is -0.384. The van der Waals surface area contributed by atoms with Crippen molar-refractivity contribution in [1.82, 2.24) is 19.6 Å². The molecule has 5 heterocycles.